The van der Waals surface area contributed by atoms with Crippen molar-refractivity contribution in [2.75, 3.05) is 26.0 Å². The number of carbonyl (C=O) groups is 1. The van der Waals surface area contributed by atoms with Gasteiger partial charge in [-0.25, -0.2) is 0 Å². The number of halogens is 1. The minimum Gasteiger partial charge on any atom is -0.322 e. The third-order valence-electron chi connectivity index (χ3n) is 5.36. The second-order valence-corrected chi connectivity index (χ2v) is 8.39. The first-order valence-electron chi connectivity index (χ1n) is 10.1. The molecular formula is C26H25ClN2O. The van der Waals surface area contributed by atoms with Crippen LogP contribution in [0.3, 0.4) is 0 Å². The van der Waals surface area contributed by atoms with Crippen LogP contribution in [0.25, 0.3) is 17.2 Å². The van der Waals surface area contributed by atoms with Crippen LogP contribution in [0.15, 0.2) is 72.3 Å². The fraction of sp³-hybridized carbons (Fsp3) is 0.192. The van der Waals surface area contributed by atoms with Crippen LogP contribution >= 0.6 is 11.6 Å². The SMILES string of the molecule is CN(C)CC1=Cc2cccc(NC(=O)c3ccc(-c4ccc(Cl)cc4)cc3)c2CC1. The molecule has 1 aliphatic carbocycles. The Balaban J connectivity index is 1.51. The molecule has 30 heavy (non-hydrogen) atoms. The van der Waals surface area contributed by atoms with Crippen LogP contribution in [0.2, 0.25) is 5.02 Å². The molecular weight excluding hydrogens is 392 g/mol. The number of benzene rings is 3. The number of fused-ring (bicyclic) bond motifs is 1. The Bertz CT molecular complexity index is 1080. The summed E-state index contributed by atoms with van der Waals surface area (Å²) in [5.41, 5.74) is 7.51. The van der Waals surface area contributed by atoms with Gasteiger partial charge >= 0.3 is 0 Å². The smallest absolute Gasteiger partial charge is 0.255 e. The molecule has 0 spiro atoms. The fourth-order valence-electron chi connectivity index (χ4n) is 3.90. The lowest BCUT2D eigenvalue weighted by atomic mass is 9.90. The summed E-state index contributed by atoms with van der Waals surface area (Å²) in [6, 6.07) is 21.5. The molecule has 0 bridgehead atoms. The molecule has 3 aromatic carbocycles. The molecule has 0 saturated heterocycles. The molecule has 0 aromatic heterocycles. The largest absolute Gasteiger partial charge is 0.322 e. The van der Waals surface area contributed by atoms with Crippen molar-refractivity contribution in [1.29, 1.82) is 0 Å². The van der Waals surface area contributed by atoms with E-state index >= 15 is 0 Å². The van der Waals surface area contributed by atoms with E-state index in [1.807, 2.05) is 60.7 Å². The van der Waals surface area contributed by atoms with Gasteiger partial charge in [-0.05, 0) is 79.5 Å². The van der Waals surface area contributed by atoms with Crippen LogP contribution < -0.4 is 5.32 Å². The lowest BCUT2D eigenvalue weighted by Crippen LogP contribution is -2.18. The summed E-state index contributed by atoms with van der Waals surface area (Å²) in [6.07, 6.45) is 4.23. The number of hydrogen-bond donors (Lipinski definition) is 1. The van der Waals surface area contributed by atoms with Crippen molar-refractivity contribution >= 4 is 29.3 Å². The summed E-state index contributed by atoms with van der Waals surface area (Å²) in [5, 5.41) is 3.83. The summed E-state index contributed by atoms with van der Waals surface area (Å²) in [4.78, 5) is 15.0. The maximum Gasteiger partial charge on any atom is 0.255 e. The first-order chi connectivity index (χ1) is 14.5. The maximum atomic E-state index is 12.9. The number of nitrogens with zero attached hydrogens (tertiary/aromatic N) is 1. The van der Waals surface area contributed by atoms with Crippen molar-refractivity contribution < 1.29 is 4.79 Å². The van der Waals surface area contributed by atoms with Crippen LogP contribution in [0, 0.1) is 0 Å². The molecule has 1 aliphatic rings. The number of anilines is 1. The highest BCUT2D eigenvalue weighted by Crippen LogP contribution is 2.30. The molecule has 0 heterocycles. The zero-order chi connectivity index (χ0) is 21.1. The molecule has 1 amide bonds. The summed E-state index contributed by atoms with van der Waals surface area (Å²) in [7, 11) is 4.18. The van der Waals surface area contributed by atoms with Crippen molar-refractivity contribution in [3.8, 4) is 11.1 Å². The average molecular weight is 417 g/mol. The van der Waals surface area contributed by atoms with E-state index in [-0.39, 0.29) is 5.91 Å². The lowest BCUT2D eigenvalue weighted by Gasteiger charge is -2.22. The third-order valence-corrected chi connectivity index (χ3v) is 5.61. The Labute approximate surface area is 183 Å². The Morgan fingerprint density at radius 2 is 1.60 bits per heavy atom. The van der Waals surface area contributed by atoms with Crippen molar-refractivity contribution in [3.63, 3.8) is 0 Å². The molecule has 3 aromatic rings. The minimum atomic E-state index is -0.0888. The fourth-order valence-corrected chi connectivity index (χ4v) is 4.02. The van der Waals surface area contributed by atoms with E-state index in [0.717, 1.165) is 36.2 Å². The van der Waals surface area contributed by atoms with E-state index in [1.54, 1.807) is 0 Å². The van der Waals surface area contributed by atoms with Crippen LogP contribution in [0.1, 0.15) is 27.9 Å². The van der Waals surface area contributed by atoms with Gasteiger partial charge in [0.25, 0.3) is 5.91 Å². The van der Waals surface area contributed by atoms with Gasteiger partial charge in [0.1, 0.15) is 0 Å². The molecule has 4 rings (SSSR count). The highest BCUT2D eigenvalue weighted by Gasteiger charge is 2.16. The Hall–Kier alpha value is -2.88. The average Bonchev–Trinajstić information content (AvgIpc) is 2.74. The first kappa shape index (κ1) is 20.4. The lowest BCUT2D eigenvalue weighted by molar-refractivity contribution is 0.102. The summed E-state index contributed by atoms with van der Waals surface area (Å²) in [6.45, 7) is 0.968. The van der Waals surface area contributed by atoms with Gasteiger partial charge in [-0.15, -0.1) is 0 Å². The normalized spacial score (nSPS) is 13.0. The summed E-state index contributed by atoms with van der Waals surface area (Å²) in [5.74, 6) is -0.0888. The first-order valence-corrected chi connectivity index (χ1v) is 10.5. The van der Waals surface area contributed by atoms with E-state index in [9.17, 15) is 4.79 Å². The highest BCUT2D eigenvalue weighted by molar-refractivity contribution is 6.30. The molecule has 0 aliphatic heterocycles. The number of nitrogens with one attached hydrogen (secondary N) is 1. The van der Waals surface area contributed by atoms with Gasteiger partial charge in [0.15, 0.2) is 0 Å². The molecule has 0 atom stereocenters. The topological polar surface area (TPSA) is 32.3 Å². The third kappa shape index (κ3) is 4.64. The second-order valence-electron chi connectivity index (χ2n) is 7.95. The quantitative estimate of drug-likeness (QED) is 0.540. The monoisotopic (exact) mass is 416 g/mol. The minimum absolute atomic E-state index is 0.0888. The molecule has 0 unspecified atom stereocenters. The van der Waals surface area contributed by atoms with E-state index in [4.69, 9.17) is 11.6 Å². The van der Waals surface area contributed by atoms with Gasteiger partial charge in [0, 0.05) is 22.8 Å². The number of hydrogen-bond acceptors (Lipinski definition) is 2. The molecule has 0 fully saturated rings. The number of rotatable bonds is 5. The van der Waals surface area contributed by atoms with Crippen molar-refractivity contribution in [1.82, 2.24) is 4.90 Å². The van der Waals surface area contributed by atoms with Crippen LogP contribution in [-0.4, -0.2) is 31.4 Å². The molecule has 152 valence electrons. The van der Waals surface area contributed by atoms with E-state index < -0.39 is 0 Å². The molecule has 4 heteroatoms. The second kappa shape index (κ2) is 8.86. The summed E-state index contributed by atoms with van der Waals surface area (Å²) < 4.78 is 0. The number of carbonyl (C=O) groups excluding carboxylic acids is 1. The molecule has 1 N–H and O–H groups in total. The Morgan fingerprint density at radius 3 is 2.27 bits per heavy atom. The van der Waals surface area contributed by atoms with E-state index in [1.165, 1.54) is 16.7 Å². The highest BCUT2D eigenvalue weighted by atomic mass is 35.5. The van der Waals surface area contributed by atoms with E-state index in [2.05, 4.69) is 36.5 Å². The van der Waals surface area contributed by atoms with Gasteiger partial charge in [-0.3, -0.25) is 4.79 Å². The van der Waals surface area contributed by atoms with Gasteiger partial charge in [0.2, 0.25) is 0 Å². The summed E-state index contributed by atoms with van der Waals surface area (Å²) >= 11 is 5.96. The van der Waals surface area contributed by atoms with Crippen LogP contribution in [-0.2, 0) is 6.42 Å². The zero-order valence-corrected chi connectivity index (χ0v) is 18.0. The molecule has 0 radical (unpaired) electrons. The standard InChI is InChI=1S/C26H25ClN2O/c1-29(2)17-18-6-15-24-22(16-18)4-3-5-25(24)28-26(30)21-9-7-19(8-10-21)20-11-13-23(27)14-12-20/h3-5,7-14,16H,6,15,17H2,1-2H3,(H,28,30). The van der Waals surface area contributed by atoms with Crippen LogP contribution in [0.4, 0.5) is 5.69 Å². The van der Waals surface area contributed by atoms with Crippen molar-refractivity contribution in [2.24, 2.45) is 0 Å². The Morgan fingerprint density at radius 1 is 0.933 bits per heavy atom. The zero-order valence-electron chi connectivity index (χ0n) is 17.3. The van der Waals surface area contributed by atoms with E-state index in [0.29, 0.717) is 10.6 Å². The number of amides is 1. The number of likely N-dealkylation sites (N-methyl/N-ethyl adjacent to an activating group) is 1. The van der Waals surface area contributed by atoms with Gasteiger partial charge in [0.05, 0.1) is 0 Å². The van der Waals surface area contributed by atoms with Gasteiger partial charge in [-0.2, -0.15) is 0 Å². The Kier molecular flexibility index (Phi) is 6.03. The van der Waals surface area contributed by atoms with Crippen molar-refractivity contribution in [3.05, 3.63) is 94.0 Å². The van der Waals surface area contributed by atoms with Crippen LogP contribution in [0.5, 0.6) is 0 Å². The van der Waals surface area contributed by atoms with Gasteiger partial charge in [-0.1, -0.05) is 59.6 Å². The molecule has 0 saturated carbocycles. The van der Waals surface area contributed by atoms with Crippen molar-refractivity contribution in [2.45, 2.75) is 12.8 Å². The predicted molar refractivity (Wildman–Crippen MR) is 126 cm³/mol. The maximum absolute atomic E-state index is 12.9. The van der Waals surface area contributed by atoms with Gasteiger partial charge < -0.3 is 10.2 Å². The molecule has 3 nitrogen and oxygen atoms in total. The predicted octanol–water partition coefficient (Wildman–Crippen LogP) is 6.15.